The smallest absolute Gasteiger partial charge is 0.254 e. The Labute approximate surface area is 108 Å². The molecular formula is C15H20N2O. The van der Waals surface area contributed by atoms with Crippen molar-refractivity contribution in [3.05, 3.63) is 29.3 Å². The van der Waals surface area contributed by atoms with Gasteiger partial charge in [0, 0.05) is 23.8 Å². The maximum absolute atomic E-state index is 12.6. The van der Waals surface area contributed by atoms with E-state index in [9.17, 15) is 4.79 Å². The Balaban J connectivity index is 1.83. The number of hydrogen-bond donors (Lipinski definition) is 1. The molecule has 3 heteroatoms. The van der Waals surface area contributed by atoms with E-state index >= 15 is 0 Å². The van der Waals surface area contributed by atoms with Crippen molar-refractivity contribution in [3.8, 4) is 0 Å². The van der Waals surface area contributed by atoms with E-state index in [0.29, 0.717) is 11.7 Å². The summed E-state index contributed by atoms with van der Waals surface area (Å²) in [5.41, 5.74) is 8.28. The molecule has 18 heavy (non-hydrogen) atoms. The van der Waals surface area contributed by atoms with Gasteiger partial charge in [0.25, 0.3) is 5.91 Å². The van der Waals surface area contributed by atoms with Crippen LogP contribution in [0.25, 0.3) is 0 Å². The summed E-state index contributed by atoms with van der Waals surface area (Å²) in [6.45, 7) is 2.92. The maximum Gasteiger partial charge on any atom is 0.254 e. The Hall–Kier alpha value is -1.51. The number of aryl methyl sites for hydroxylation is 1. The van der Waals surface area contributed by atoms with Crippen molar-refractivity contribution in [1.29, 1.82) is 0 Å². The van der Waals surface area contributed by atoms with Crippen LogP contribution < -0.4 is 5.73 Å². The summed E-state index contributed by atoms with van der Waals surface area (Å²) in [7, 11) is 0. The second kappa shape index (κ2) is 4.30. The van der Waals surface area contributed by atoms with Crippen molar-refractivity contribution in [3.63, 3.8) is 0 Å². The molecule has 3 nitrogen and oxygen atoms in total. The zero-order valence-corrected chi connectivity index (χ0v) is 10.9. The molecule has 0 saturated heterocycles. The largest absolute Gasteiger partial charge is 0.399 e. The molecule has 0 aromatic heterocycles. The molecule has 0 unspecified atom stereocenters. The SMILES string of the molecule is Cc1ccc(N)cc1C(=O)N(CC1CC1)C1CC1. The molecule has 2 saturated carbocycles. The number of carbonyl (C=O) groups excluding carboxylic acids is 1. The Morgan fingerprint density at radius 3 is 2.67 bits per heavy atom. The standard InChI is InChI=1S/C15H20N2O/c1-10-2-5-12(16)8-14(10)15(18)17(13-6-7-13)9-11-3-4-11/h2,5,8,11,13H,3-4,6-7,9,16H2,1H3. The highest BCUT2D eigenvalue weighted by Crippen LogP contribution is 2.36. The van der Waals surface area contributed by atoms with Gasteiger partial charge in [0.1, 0.15) is 0 Å². The molecule has 1 aromatic carbocycles. The van der Waals surface area contributed by atoms with Gasteiger partial charge in [-0.25, -0.2) is 0 Å². The first-order valence-corrected chi connectivity index (χ1v) is 6.82. The van der Waals surface area contributed by atoms with E-state index in [0.717, 1.165) is 23.6 Å². The van der Waals surface area contributed by atoms with E-state index in [1.54, 1.807) is 0 Å². The summed E-state index contributed by atoms with van der Waals surface area (Å²) >= 11 is 0. The molecular weight excluding hydrogens is 224 g/mol. The fourth-order valence-electron chi connectivity index (χ4n) is 2.39. The Morgan fingerprint density at radius 1 is 1.33 bits per heavy atom. The van der Waals surface area contributed by atoms with Gasteiger partial charge in [-0.3, -0.25) is 4.79 Å². The molecule has 0 spiro atoms. The lowest BCUT2D eigenvalue weighted by molar-refractivity contribution is 0.0734. The zero-order chi connectivity index (χ0) is 12.7. The summed E-state index contributed by atoms with van der Waals surface area (Å²) in [5.74, 6) is 0.921. The predicted octanol–water partition coefficient (Wildman–Crippen LogP) is 2.59. The predicted molar refractivity (Wildman–Crippen MR) is 72.4 cm³/mol. The van der Waals surface area contributed by atoms with E-state index in [4.69, 9.17) is 5.73 Å². The highest BCUT2D eigenvalue weighted by molar-refractivity contribution is 5.96. The van der Waals surface area contributed by atoms with Gasteiger partial charge < -0.3 is 10.6 Å². The van der Waals surface area contributed by atoms with Gasteiger partial charge in [0.05, 0.1) is 0 Å². The Morgan fingerprint density at radius 2 is 2.06 bits per heavy atom. The molecule has 2 fully saturated rings. The van der Waals surface area contributed by atoms with Crippen molar-refractivity contribution in [2.24, 2.45) is 5.92 Å². The number of amides is 1. The number of benzene rings is 1. The minimum atomic E-state index is 0.175. The van der Waals surface area contributed by atoms with Crippen LogP contribution >= 0.6 is 0 Å². The number of nitrogen functional groups attached to an aromatic ring is 1. The third kappa shape index (κ3) is 2.35. The number of nitrogens with two attached hydrogens (primary N) is 1. The van der Waals surface area contributed by atoms with Crippen LogP contribution in [0.1, 0.15) is 41.6 Å². The van der Waals surface area contributed by atoms with Gasteiger partial charge in [0.15, 0.2) is 0 Å². The van der Waals surface area contributed by atoms with Gasteiger partial charge in [-0.2, -0.15) is 0 Å². The van der Waals surface area contributed by atoms with Crippen LogP contribution in [0.4, 0.5) is 5.69 Å². The summed E-state index contributed by atoms with van der Waals surface area (Å²) < 4.78 is 0. The summed E-state index contributed by atoms with van der Waals surface area (Å²) in [6, 6.07) is 6.10. The van der Waals surface area contributed by atoms with Gasteiger partial charge in [-0.1, -0.05) is 6.07 Å². The third-order valence-corrected chi connectivity index (χ3v) is 3.89. The zero-order valence-electron chi connectivity index (χ0n) is 10.9. The van der Waals surface area contributed by atoms with Crippen LogP contribution in [0.2, 0.25) is 0 Å². The molecule has 1 aromatic rings. The number of carbonyl (C=O) groups is 1. The lowest BCUT2D eigenvalue weighted by atomic mass is 10.1. The van der Waals surface area contributed by atoms with Crippen LogP contribution in [-0.2, 0) is 0 Å². The minimum Gasteiger partial charge on any atom is -0.399 e. The summed E-state index contributed by atoms with van der Waals surface area (Å²) in [4.78, 5) is 14.7. The molecule has 0 atom stereocenters. The monoisotopic (exact) mass is 244 g/mol. The van der Waals surface area contributed by atoms with Crippen LogP contribution in [0.3, 0.4) is 0 Å². The van der Waals surface area contributed by atoms with Crippen LogP contribution in [0.15, 0.2) is 18.2 Å². The maximum atomic E-state index is 12.6. The molecule has 2 aliphatic rings. The first-order valence-electron chi connectivity index (χ1n) is 6.82. The van der Waals surface area contributed by atoms with Crippen LogP contribution in [-0.4, -0.2) is 23.4 Å². The minimum absolute atomic E-state index is 0.175. The second-order valence-electron chi connectivity index (χ2n) is 5.71. The van der Waals surface area contributed by atoms with E-state index in [1.165, 1.54) is 25.7 Å². The van der Waals surface area contributed by atoms with Gasteiger partial charge in [0.2, 0.25) is 0 Å². The van der Waals surface area contributed by atoms with E-state index in [-0.39, 0.29) is 5.91 Å². The van der Waals surface area contributed by atoms with Gasteiger partial charge in [-0.15, -0.1) is 0 Å². The fraction of sp³-hybridized carbons (Fsp3) is 0.533. The molecule has 1 amide bonds. The molecule has 0 bridgehead atoms. The van der Waals surface area contributed by atoms with Crippen molar-refractivity contribution in [2.75, 3.05) is 12.3 Å². The molecule has 0 radical (unpaired) electrons. The quantitative estimate of drug-likeness (QED) is 0.827. The molecule has 0 aliphatic heterocycles. The van der Waals surface area contributed by atoms with Gasteiger partial charge >= 0.3 is 0 Å². The van der Waals surface area contributed by atoms with Crippen molar-refractivity contribution in [1.82, 2.24) is 4.90 Å². The number of nitrogens with zero attached hydrogens (tertiary/aromatic N) is 1. The normalized spacial score (nSPS) is 18.7. The second-order valence-corrected chi connectivity index (χ2v) is 5.71. The Kier molecular flexibility index (Phi) is 2.77. The molecule has 2 N–H and O–H groups in total. The lowest BCUT2D eigenvalue weighted by Gasteiger charge is -2.23. The highest BCUT2D eigenvalue weighted by atomic mass is 16.2. The van der Waals surface area contributed by atoms with E-state index < -0.39 is 0 Å². The van der Waals surface area contributed by atoms with Crippen LogP contribution in [0.5, 0.6) is 0 Å². The highest BCUT2D eigenvalue weighted by Gasteiger charge is 2.37. The summed E-state index contributed by atoms with van der Waals surface area (Å²) in [5, 5.41) is 0. The van der Waals surface area contributed by atoms with Crippen molar-refractivity contribution >= 4 is 11.6 Å². The topological polar surface area (TPSA) is 46.3 Å². The van der Waals surface area contributed by atoms with Crippen molar-refractivity contribution < 1.29 is 4.79 Å². The number of rotatable bonds is 4. The average molecular weight is 244 g/mol. The molecule has 0 heterocycles. The fourth-order valence-corrected chi connectivity index (χ4v) is 2.39. The molecule has 2 aliphatic carbocycles. The van der Waals surface area contributed by atoms with E-state index in [2.05, 4.69) is 4.90 Å². The van der Waals surface area contributed by atoms with Crippen molar-refractivity contribution in [2.45, 2.75) is 38.6 Å². The number of hydrogen-bond acceptors (Lipinski definition) is 2. The Bertz CT molecular complexity index is 475. The average Bonchev–Trinajstić information content (AvgIpc) is 3.21. The molecule has 96 valence electrons. The number of anilines is 1. The lowest BCUT2D eigenvalue weighted by Crippen LogP contribution is -2.35. The first kappa shape index (κ1) is 11.6. The van der Waals surface area contributed by atoms with E-state index in [1.807, 2.05) is 25.1 Å². The third-order valence-electron chi connectivity index (χ3n) is 3.89. The summed E-state index contributed by atoms with van der Waals surface area (Å²) in [6.07, 6.45) is 4.90. The van der Waals surface area contributed by atoms with Crippen LogP contribution in [0, 0.1) is 12.8 Å². The first-order chi connectivity index (χ1) is 8.65. The van der Waals surface area contributed by atoms with Gasteiger partial charge in [-0.05, 0) is 56.2 Å². The molecule has 3 rings (SSSR count).